The van der Waals surface area contributed by atoms with Crippen LogP contribution in [-0.2, 0) is 9.84 Å². The van der Waals surface area contributed by atoms with Gasteiger partial charge in [0.1, 0.15) is 0 Å². The summed E-state index contributed by atoms with van der Waals surface area (Å²) in [6.45, 7) is 0.0507. The van der Waals surface area contributed by atoms with E-state index in [4.69, 9.17) is 11.6 Å². The molecule has 0 radical (unpaired) electrons. The zero-order valence-corrected chi connectivity index (χ0v) is 13.7. The average Bonchev–Trinajstić information content (AvgIpc) is 2.52. The van der Waals surface area contributed by atoms with E-state index < -0.39 is 26.3 Å². The van der Waals surface area contributed by atoms with Crippen molar-refractivity contribution in [2.75, 3.05) is 11.9 Å². The van der Waals surface area contributed by atoms with Crippen LogP contribution in [0.1, 0.15) is 11.7 Å². The van der Waals surface area contributed by atoms with Crippen LogP contribution in [0, 0.1) is 0 Å². The Balaban J connectivity index is 2.07. The average molecular weight is 380 g/mol. The summed E-state index contributed by atoms with van der Waals surface area (Å²) in [5.41, 5.74) is -4.48. The molecular weight excluding hydrogens is 367 g/mol. The van der Waals surface area contributed by atoms with Crippen LogP contribution in [0.25, 0.3) is 0 Å². The number of halogens is 4. The predicted molar refractivity (Wildman–Crippen MR) is 84.6 cm³/mol. The lowest BCUT2D eigenvalue weighted by molar-refractivity contribution is -0.0436. The Kier molecular flexibility index (Phi) is 5.42. The zero-order valence-electron chi connectivity index (χ0n) is 12.1. The van der Waals surface area contributed by atoms with Gasteiger partial charge in [-0.3, -0.25) is 0 Å². The smallest absolute Gasteiger partial charge is 0.387 e. The van der Waals surface area contributed by atoms with E-state index in [1.807, 2.05) is 0 Å². The molecule has 0 aliphatic carbocycles. The van der Waals surface area contributed by atoms with Gasteiger partial charge >= 0.3 is 5.51 Å². The lowest BCUT2D eigenvalue weighted by atomic mass is 10.1. The number of aliphatic hydroxyl groups excluding tert-OH is 1. The first-order chi connectivity index (χ1) is 11.1. The molecule has 9 heteroatoms. The lowest BCUT2D eigenvalue weighted by Gasteiger charge is -2.15. The first-order valence-electron chi connectivity index (χ1n) is 6.70. The fourth-order valence-corrected chi connectivity index (χ4v) is 2.98. The van der Waals surface area contributed by atoms with E-state index in [1.165, 1.54) is 12.1 Å². The van der Waals surface area contributed by atoms with Crippen molar-refractivity contribution in [3.05, 3.63) is 59.1 Å². The number of hydrogen-bond acceptors (Lipinski definition) is 4. The third kappa shape index (κ3) is 4.00. The zero-order chi connectivity index (χ0) is 18.0. The molecule has 1 unspecified atom stereocenters. The van der Waals surface area contributed by atoms with Crippen LogP contribution in [0.15, 0.2) is 53.4 Å². The van der Waals surface area contributed by atoms with Crippen molar-refractivity contribution in [2.45, 2.75) is 16.5 Å². The molecule has 1 atom stereocenters. The monoisotopic (exact) mass is 379 g/mol. The Labute approximate surface area is 141 Å². The van der Waals surface area contributed by atoms with E-state index in [2.05, 4.69) is 5.32 Å². The van der Waals surface area contributed by atoms with Gasteiger partial charge in [0.2, 0.25) is 0 Å². The van der Waals surface area contributed by atoms with Gasteiger partial charge in [0.25, 0.3) is 9.84 Å². The molecule has 0 fully saturated rings. The summed E-state index contributed by atoms with van der Waals surface area (Å²) < 4.78 is 59.9. The second kappa shape index (κ2) is 7.00. The molecule has 0 aromatic heterocycles. The quantitative estimate of drug-likeness (QED) is 0.829. The van der Waals surface area contributed by atoms with Crippen LogP contribution < -0.4 is 5.32 Å². The minimum absolute atomic E-state index is 0.0507. The number of benzene rings is 2. The summed E-state index contributed by atoms with van der Waals surface area (Å²) >= 11 is 5.95. The van der Waals surface area contributed by atoms with Crippen molar-refractivity contribution in [3.63, 3.8) is 0 Å². The van der Waals surface area contributed by atoms with Crippen LogP contribution in [0.5, 0.6) is 0 Å². The Hall–Kier alpha value is -1.77. The van der Waals surface area contributed by atoms with Crippen LogP contribution in [0.3, 0.4) is 0 Å². The molecule has 4 nitrogen and oxygen atoms in total. The minimum atomic E-state index is -5.37. The van der Waals surface area contributed by atoms with Crippen LogP contribution in [0.4, 0.5) is 18.9 Å². The van der Waals surface area contributed by atoms with Gasteiger partial charge in [0.05, 0.1) is 11.0 Å². The molecule has 2 aromatic rings. The van der Waals surface area contributed by atoms with Crippen molar-refractivity contribution >= 4 is 27.1 Å². The van der Waals surface area contributed by atoms with Crippen LogP contribution >= 0.6 is 11.6 Å². The normalized spacial score (nSPS) is 13.5. The second-order valence-electron chi connectivity index (χ2n) is 4.89. The fourth-order valence-electron chi connectivity index (χ4n) is 1.96. The standard InChI is InChI=1S/C15H13ClF3NO3S/c16-13-4-2-1-3-12(13)14(21)9-20-10-5-7-11(8-6-10)24(22,23)15(17,18)19/h1-8,14,20-21H,9H2. The maximum atomic E-state index is 12.4. The van der Waals surface area contributed by atoms with Gasteiger partial charge in [-0.1, -0.05) is 29.8 Å². The molecule has 0 aliphatic heterocycles. The molecule has 2 aromatic carbocycles. The van der Waals surface area contributed by atoms with Crippen LogP contribution in [-0.4, -0.2) is 25.6 Å². The van der Waals surface area contributed by atoms with Crippen molar-refractivity contribution in [1.82, 2.24) is 0 Å². The van der Waals surface area contributed by atoms with Gasteiger partial charge in [-0.25, -0.2) is 8.42 Å². The SMILES string of the molecule is O=S(=O)(c1ccc(NCC(O)c2ccccc2Cl)cc1)C(F)(F)F. The van der Waals surface area contributed by atoms with E-state index in [0.29, 0.717) is 16.3 Å². The fraction of sp³-hybridized carbons (Fsp3) is 0.200. The third-order valence-electron chi connectivity index (χ3n) is 3.23. The number of aliphatic hydroxyl groups is 1. The first kappa shape index (κ1) is 18.6. The van der Waals surface area contributed by atoms with E-state index in [1.54, 1.807) is 24.3 Å². The van der Waals surface area contributed by atoms with E-state index >= 15 is 0 Å². The molecule has 0 spiro atoms. The summed E-state index contributed by atoms with van der Waals surface area (Å²) in [5.74, 6) is 0. The number of hydrogen-bond donors (Lipinski definition) is 2. The number of nitrogens with one attached hydrogen (secondary N) is 1. The summed E-state index contributed by atoms with van der Waals surface area (Å²) in [6.07, 6.45) is -0.933. The Morgan fingerprint density at radius 1 is 1.08 bits per heavy atom. The summed E-state index contributed by atoms with van der Waals surface area (Å²) in [5, 5.41) is 13.3. The van der Waals surface area contributed by atoms with Gasteiger partial charge in [0.15, 0.2) is 0 Å². The molecule has 0 amide bonds. The molecular formula is C15H13ClF3NO3S. The molecule has 130 valence electrons. The second-order valence-corrected chi connectivity index (χ2v) is 7.24. The van der Waals surface area contributed by atoms with Gasteiger partial charge in [-0.15, -0.1) is 0 Å². The molecule has 0 bridgehead atoms. The van der Waals surface area contributed by atoms with Crippen molar-refractivity contribution in [2.24, 2.45) is 0 Å². The lowest BCUT2D eigenvalue weighted by Crippen LogP contribution is -2.23. The Morgan fingerprint density at radius 2 is 1.67 bits per heavy atom. The third-order valence-corrected chi connectivity index (χ3v) is 5.08. The highest BCUT2D eigenvalue weighted by Gasteiger charge is 2.46. The van der Waals surface area contributed by atoms with Crippen LogP contribution in [0.2, 0.25) is 5.02 Å². The molecule has 2 N–H and O–H groups in total. The molecule has 0 aliphatic rings. The highest BCUT2D eigenvalue weighted by Crippen LogP contribution is 2.30. The van der Waals surface area contributed by atoms with Crippen molar-refractivity contribution in [3.8, 4) is 0 Å². The molecule has 0 heterocycles. The number of alkyl halides is 3. The molecule has 24 heavy (non-hydrogen) atoms. The van der Waals surface area contributed by atoms with Gasteiger partial charge in [0, 0.05) is 22.8 Å². The first-order valence-corrected chi connectivity index (χ1v) is 8.57. The maximum absolute atomic E-state index is 12.4. The van der Waals surface area contributed by atoms with E-state index in [9.17, 15) is 26.7 Å². The summed E-state index contributed by atoms with van der Waals surface area (Å²) in [6, 6.07) is 10.8. The minimum Gasteiger partial charge on any atom is -0.387 e. The number of sulfone groups is 1. The topological polar surface area (TPSA) is 66.4 Å². The summed E-state index contributed by atoms with van der Waals surface area (Å²) in [4.78, 5) is -0.841. The highest BCUT2D eigenvalue weighted by molar-refractivity contribution is 7.92. The van der Waals surface area contributed by atoms with Gasteiger partial charge in [-0.05, 0) is 30.3 Å². The maximum Gasteiger partial charge on any atom is 0.501 e. The largest absolute Gasteiger partial charge is 0.501 e. The number of rotatable bonds is 5. The van der Waals surface area contributed by atoms with E-state index in [-0.39, 0.29) is 6.54 Å². The highest BCUT2D eigenvalue weighted by atomic mass is 35.5. The van der Waals surface area contributed by atoms with E-state index in [0.717, 1.165) is 12.1 Å². The molecule has 0 saturated heterocycles. The molecule has 0 saturated carbocycles. The van der Waals surface area contributed by atoms with Crippen molar-refractivity contribution in [1.29, 1.82) is 0 Å². The van der Waals surface area contributed by atoms with Gasteiger partial charge in [-0.2, -0.15) is 13.2 Å². The summed E-state index contributed by atoms with van der Waals surface area (Å²) in [7, 11) is -5.37. The number of anilines is 1. The van der Waals surface area contributed by atoms with Crippen molar-refractivity contribution < 1.29 is 26.7 Å². The molecule has 2 rings (SSSR count). The van der Waals surface area contributed by atoms with Gasteiger partial charge < -0.3 is 10.4 Å². The Morgan fingerprint density at radius 3 is 2.21 bits per heavy atom. The Bertz CT molecular complexity index is 807. The predicted octanol–water partition coefficient (Wildman–Crippen LogP) is 3.78.